The van der Waals surface area contributed by atoms with Gasteiger partial charge in [-0.25, -0.2) is 4.79 Å². The van der Waals surface area contributed by atoms with Crippen molar-refractivity contribution in [2.24, 2.45) is 0 Å². The SMILES string of the molecule is Cc1nn(C(=O)OC(C)(C)C)c2ccc(-n3ccc4c(-c5ccc6c(c5)OCCO6)cccc43)cc12. The number of rotatable bonds is 2. The molecule has 1 aliphatic heterocycles. The second-order valence-electron chi connectivity index (χ2n) is 9.96. The Labute approximate surface area is 208 Å². The molecule has 3 aromatic carbocycles. The number of hydrogen-bond acceptors (Lipinski definition) is 5. The third-order valence-electron chi connectivity index (χ3n) is 6.28. The van der Waals surface area contributed by atoms with E-state index in [1.807, 2.05) is 52.0 Å². The number of hydrogen-bond donors (Lipinski definition) is 0. The maximum atomic E-state index is 12.7. The number of carbonyl (C=O) groups excluding carboxylic acids is 1. The molecule has 1 aliphatic rings. The first-order chi connectivity index (χ1) is 17.3. The van der Waals surface area contributed by atoms with Gasteiger partial charge in [0.1, 0.15) is 18.8 Å². The zero-order valence-electron chi connectivity index (χ0n) is 20.7. The van der Waals surface area contributed by atoms with Crippen LogP contribution in [0.2, 0.25) is 0 Å². The van der Waals surface area contributed by atoms with Gasteiger partial charge in [0.2, 0.25) is 0 Å². The van der Waals surface area contributed by atoms with Gasteiger partial charge in [0, 0.05) is 22.7 Å². The number of ether oxygens (including phenoxy) is 3. The summed E-state index contributed by atoms with van der Waals surface area (Å²) in [4.78, 5) is 12.7. The summed E-state index contributed by atoms with van der Waals surface area (Å²) in [6.45, 7) is 8.57. The Morgan fingerprint density at radius 2 is 1.72 bits per heavy atom. The van der Waals surface area contributed by atoms with Crippen LogP contribution < -0.4 is 9.47 Å². The summed E-state index contributed by atoms with van der Waals surface area (Å²) in [5, 5.41) is 6.50. The van der Waals surface area contributed by atoms with Crippen LogP contribution in [-0.2, 0) is 4.74 Å². The molecule has 0 bridgehead atoms. The monoisotopic (exact) mass is 481 g/mol. The van der Waals surface area contributed by atoms with Crippen LogP contribution in [0.25, 0.3) is 38.6 Å². The van der Waals surface area contributed by atoms with Crippen molar-refractivity contribution >= 4 is 27.9 Å². The molecular weight excluding hydrogens is 454 g/mol. The lowest BCUT2D eigenvalue weighted by Crippen LogP contribution is -2.27. The fraction of sp³-hybridized carbons (Fsp3) is 0.241. The first kappa shape index (κ1) is 22.2. The van der Waals surface area contributed by atoms with Crippen molar-refractivity contribution in [1.82, 2.24) is 14.3 Å². The van der Waals surface area contributed by atoms with Crippen LogP contribution >= 0.6 is 0 Å². The highest BCUT2D eigenvalue weighted by Gasteiger charge is 2.22. The minimum Gasteiger partial charge on any atom is -0.486 e. The number of benzene rings is 3. The highest BCUT2D eigenvalue weighted by atomic mass is 16.6. The molecular formula is C29H27N3O4. The molecule has 0 N–H and O–H groups in total. The van der Waals surface area contributed by atoms with E-state index < -0.39 is 11.7 Å². The van der Waals surface area contributed by atoms with Gasteiger partial charge >= 0.3 is 6.09 Å². The molecule has 6 rings (SSSR count). The van der Waals surface area contributed by atoms with E-state index in [-0.39, 0.29) is 0 Å². The molecule has 7 heteroatoms. The van der Waals surface area contributed by atoms with E-state index in [0.29, 0.717) is 13.2 Å². The number of fused-ring (bicyclic) bond motifs is 3. The molecule has 0 spiro atoms. The van der Waals surface area contributed by atoms with Crippen LogP contribution in [0.3, 0.4) is 0 Å². The van der Waals surface area contributed by atoms with Crippen LogP contribution in [0.5, 0.6) is 11.5 Å². The summed E-state index contributed by atoms with van der Waals surface area (Å²) < 4.78 is 20.5. The zero-order chi connectivity index (χ0) is 25.0. The Balaban J connectivity index is 1.41. The van der Waals surface area contributed by atoms with Crippen LogP contribution in [0.1, 0.15) is 26.5 Å². The van der Waals surface area contributed by atoms with E-state index >= 15 is 0 Å². The smallest absolute Gasteiger partial charge is 0.435 e. The molecule has 2 aromatic heterocycles. The van der Waals surface area contributed by atoms with Gasteiger partial charge in [-0.2, -0.15) is 9.78 Å². The largest absolute Gasteiger partial charge is 0.486 e. The summed E-state index contributed by atoms with van der Waals surface area (Å²) in [7, 11) is 0. The van der Waals surface area contributed by atoms with Crippen LogP contribution in [0, 0.1) is 6.92 Å². The van der Waals surface area contributed by atoms with Crippen molar-refractivity contribution in [3.05, 3.63) is 72.6 Å². The Hall–Kier alpha value is -4.26. The average Bonchev–Trinajstić information content (AvgIpc) is 3.44. The zero-order valence-corrected chi connectivity index (χ0v) is 20.7. The molecule has 36 heavy (non-hydrogen) atoms. The molecule has 0 radical (unpaired) electrons. The Morgan fingerprint density at radius 3 is 2.53 bits per heavy atom. The molecule has 0 amide bonds. The fourth-order valence-electron chi connectivity index (χ4n) is 4.71. The summed E-state index contributed by atoms with van der Waals surface area (Å²) >= 11 is 0. The number of nitrogens with zero attached hydrogens (tertiary/aromatic N) is 3. The molecule has 5 aromatic rings. The standard InChI is InChI=1S/C29H27N3O4/c1-18-23-17-20(9-10-25(23)32(30-18)28(33)36-29(2,3)4)31-13-12-22-21(6-5-7-24(22)31)19-8-11-26-27(16-19)35-15-14-34-26/h5-13,16-17H,14-15H2,1-4H3. The highest BCUT2D eigenvalue weighted by Crippen LogP contribution is 2.38. The third-order valence-corrected chi connectivity index (χ3v) is 6.28. The first-order valence-electron chi connectivity index (χ1n) is 12.0. The minimum absolute atomic E-state index is 0.483. The molecule has 3 heterocycles. The minimum atomic E-state index is -0.595. The number of aromatic nitrogens is 3. The molecule has 0 aliphatic carbocycles. The molecule has 0 atom stereocenters. The van der Waals surface area contributed by atoms with E-state index in [0.717, 1.165) is 55.8 Å². The lowest BCUT2D eigenvalue weighted by atomic mass is 10.0. The maximum Gasteiger partial charge on any atom is 0.435 e. The van der Waals surface area contributed by atoms with E-state index in [1.165, 1.54) is 4.68 Å². The van der Waals surface area contributed by atoms with E-state index in [4.69, 9.17) is 14.2 Å². The summed E-state index contributed by atoms with van der Waals surface area (Å²) in [6, 6.07) is 20.5. The van der Waals surface area contributed by atoms with Gasteiger partial charge in [-0.1, -0.05) is 18.2 Å². The van der Waals surface area contributed by atoms with Gasteiger partial charge in [-0.05, 0) is 81.3 Å². The molecule has 0 saturated carbocycles. The van der Waals surface area contributed by atoms with E-state index in [9.17, 15) is 4.79 Å². The third kappa shape index (κ3) is 3.77. The molecule has 0 saturated heterocycles. The number of aryl methyl sites for hydroxylation is 1. The van der Waals surface area contributed by atoms with Gasteiger partial charge in [-0.3, -0.25) is 0 Å². The second-order valence-corrected chi connectivity index (χ2v) is 9.96. The summed E-state index contributed by atoms with van der Waals surface area (Å²) in [5.74, 6) is 1.56. The van der Waals surface area contributed by atoms with Gasteiger partial charge in [-0.15, -0.1) is 0 Å². The second kappa shape index (κ2) is 8.16. The van der Waals surface area contributed by atoms with Crippen molar-refractivity contribution in [2.45, 2.75) is 33.3 Å². The van der Waals surface area contributed by atoms with Crippen molar-refractivity contribution < 1.29 is 19.0 Å². The van der Waals surface area contributed by atoms with Gasteiger partial charge in [0.25, 0.3) is 0 Å². The lowest BCUT2D eigenvalue weighted by molar-refractivity contribution is 0.0522. The predicted molar refractivity (Wildman–Crippen MR) is 139 cm³/mol. The number of carbonyl (C=O) groups is 1. The van der Waals surface area contributed by atoms with Crippen LogP contribution in [0.15, 0.2) is 66.9 Å². The normalized spacial score (nSPS) is 13.3. The van der Waals surface area contributed by atoms with Crippen LogP contribution in [0.4, 0.5) is 4.79 Å². The quantitative estimate of drug-likeness (QED) is 0.288. The van der Waals surface area contributed by atoms with E-state index in [2.05, 4.69) is 52.3 Å². The highest BCUT2D eigenvalue weighted by molar-refractivity contribution is 5.97. The average molecular weight is 482 g/mol. The van der Waals surface area contributed by atoms with Crippen molar-refractivity contribution in [1.29, 1.82) is 0 Å². The van der Waals surface area contributed by atoms with Crippen LogP contribution in [-0.4, -0.2) is 39.3 Å². The summed E-state index contributed by atoms with van der Waals surface area (Å²) in [5.41, 5.74) is 5.17. The Kier molecular flexibility index (Phi) is 5.03. The molecule has 182 valence electrons. The van der Waals surface area contributed by atoms with Gasteiger partial charge < -0.3 is 18.8 Å². The Morgan fingerprint density at radius 1 is 0.917 bits per heavy atom. The van der Waals surface area contributed by atoms with Crippen molar-refractivity contribution in [3.63, 3.8) is 0 Å². The summed E-state index contributed by atoms with van der Waals surface area (Å²) in [6.07, 6.45) is 1.59. The molecule has 0 fully saturated rings. The van der Waals surface area contributed by atoms with Crippen molar-refractivity contribution in [2.75, 3.05) is 13.2 Å². The predicted octanol–water partition coefficient (Wildman–Crippen LogP) is 6.51. The lowest BCUT2D eigenvalue weighted by Gasteiger charge is -2.19. The fourth-order valence-corrected chi connectivity index (χ4v) is 4.71. The topological polar surface area (TPSA) is 67.5 Å². The Bertz CT molecular complexity index is 1640. The van der Waals surface area contributed by atoms with Crippen molar-refractivity contribution in [3.8, 4) is 28.3 Å². The maximum absolute atomic E-state index is 12.7. The van der Waals surface area contributed by atoms with Gasteiger partial charge in [0.15, 0.2) is 11.5 Å². The molecule has 7 nitrogen and oxygen atoms in total. The van der Waals surface area contributed by atoms with Gasteiger partial charge in [0.05, 0.1) is 16.7 Å². The van der Waals surface area contributed by atoms with E-state index in [1.54, 1.807) is 0 Å². The first-order valence-corrected chi connectivity index (χ1v) is 12.0. The molecule has 0 unspecified atom stereocenters.